The topological polar surface area (TPSA) is 98.4 Å². The van der Waals surface area contributed by atoms with E-state index in [0.29, 0.717) is 31.7 Å². The van der Waals surface area contributed by atoms with Crippen LogP contribution in [0, 0.1) is 0 Å². The first-order chi connectivity index (χ1) is 10.1. The van der Waals surface area contributed by atoms with Crippen molar-refractivity contribution in [2.75, 3.05) is 55.5 Å². The van der Waals surface area contributed by atoms with Gasteiger partial charge in [-0.2, -0.15) is 15.0 Å². The van der Waals surface area contributed by atoms with Crippen LogP contribution in [0.25, 0.3) is 0 Å². The molecule has 2 aliphatic rings. The lowest BCUT2D eigenvalue weighted by Gasteiger charge is -2.34. The maximum atomic E-state index is 5.82. The lowest BCUT2D eigenvalue weighted by Crippen LogP contribution is -2.44. The van der Waals surface area contributed by atoms with Crippen LogP contribution in [0.1, 0.15) is 19.8 Å². The summed E-state index contributed by atoms with van der Waals surface area (Å²) < 4.78 is 10.9. The van der Waals surface area contributed by atoms with Gasteiger partial charge < -0.3 is 25.4 Å². The maximum absolute atomic E-state index is 5.82. The molecule has 1 unspecified atom stereocenters. The van der Waals surface area contributed by atoms with Gasteiger partial charge in [0.2, 0.25) is 17.8 Å². The zero-order chi connectivity index (χ0) is 14.7. The molecule has 0 spiro atoms. The average Bonchev–Trinajstić information content (AvgIpc) is 2.48. The summed E-state index contributed by atoms with van der Waals surface area (Å²) in [6.07, 6.45) is 2.05. The monoisotopic (exact) mass is 294 g/mol. The first kappa shape index (κ1) is 14.3. The second-order valence-electron chi connectivity index (χ2n) is 5.76. The van der Waals surface area contributed by atoms with Crippen molar-refractivity contribution < 1.29 is 9.47 Å². The number of aromatic nitrogens is 3. The summed E-state index contributed by atoms with van der Waals surface area (Å²) in [5, 5.41) is 3.35. The first-order valence-corrected chi connectivity index (χ1v) is 7.35. The van der Waals surface area contributed by atoms with Crippen molar-refractivity contribution in [3.8, 4) is 0 Å². The molecule has 21 heavy (non-hydrogen) atoms. The molecule has 1 atom stereocenters. The number of hydrogen-bond acceptors (Lipinski definition) is 8. The molecule has 0 aliphatic carbocycles. The van der Waals surface area contributed by atoms with Crippen molar-refractivity contribution in [2.45, 2.75) is 25.3 Å². The van der Waals surface area contributed by atoms with E-state index in [9.17, 15) is 0 Å². The normalized spacial score (nSPS) is 26.6. The van der Waals surface area contributed by atoms with Gasteiger partial charge in [0.15, 0.2) is 0 Å². The van der Waals surface area contributed by atoms with Crippen LogP contribution in [0.3, 0.4) is 0 Å². The fraction of sp³-hybridized carbons (Fsp3) is 0.769. The fourth-order valence-electron chi connectivity index (χ4n) is 2.64. The van der Waals surface area contributed by atoms with Gasteiger partial charge in [-0.05, 0) is 19.8 Å². The smallest absolute Gasteiger partial charge is 0.232 e. The predicted octanol–water partition coefficient (Wildman–Crippen LogP) is 0.271. The molecular formula is C13H22N6O2. The zero-order valence-corrected chi connectivity index (χ0v) is 12.3. The van der Waals surface area contributed by atoms with Crippen LogP contribution in [0.4, 0.5) is 17.8 Å². The number of ether oxygens (including phenoxy) is 2. The summed E-state index contributed by atoms with van der Waals surface area (Å²) in [7, 11) is 0. The number of nitrogens with one attached hydrogen (secondary N) is 1. The standard InChI is InChI=1S/C13H22N6O2/c1-13(3-2-6-21-9-13)18-11-15-10(14)16-12(17-11)19-4-7-20-8-5-19/h2-9H2,1H3,(H3,14,15,16,17,18). The Hall–Kier alpha value is -1.67. The summed E-state index contributed by atoms with van der Waals surface area (Å²) >= 11 is 0. The van der Waals surface area contributed by atoms with Crippen LogP contribution in [-0.2, 0) is 9.47 Å². The van der Waals surface area contributed by atoms with E-state index in [0.717, 1.165) is 32.5 Å². The summed E-state index contributed by atoms with van der Waals surface area (Å²) in [5.74, 6) is 1.35. The van der Waals surface area contributed by atoms with Gasteiger partial charge in [-0.1, -0.05) is 0 Å². The largest absolute Gasteiger partial charge is 0.379 e. The lowest BCUT2D eigenvalue weighted by molar-refractivity contribution is 0.0537. The van der Waals surface area contributed by atoms with E-state index in [4.69, 9.17) is 15.2 Å². The Kier molecular flexibility index (Phi) is 4.07. The molecule has 2 saturated heterocycles. The van der Waals surface area contributed by atoms with Crippen LogP contribution >= 0.6 is 0 Å². The Bertz CT molecular complexity index is 486. The van der Waals surface area contributed by atoms with Gasteiger partial charge in [-0.15, -0.1) is 0 Å². The van der Waals surface area contributed by atoms with Gasteiger partial charge in [-0.25, -0.2) is 0 Å². The Balaban J connectivity index is 1.77. The van der Waals surface area contributed by atoms with E-state index in [1.165, 1.54) is 0 Å². The quantitative estimate of drug-likeness (QED) is 0.820. The van der Waals surface area contributed by atoms with Gasteiger partial charge in [0.25, 0.3) is 0 Å². The van der Waals surface area contributed by atoms with Gasteiger partial charge in [0.05, 0.1) is 25.4 Å². The van der Waals surface area contributed by atoms with E-state index < -0.39 is 0 Å². The SMILES string of the molecule is CC1(Nc2nc(N)nc(N3CCOCC3)n2)CCCOC1. The minimum atomic E-state index is -0.158. The van der Waals surface area contributed by atoms with Crippen molar-refractivity contribution in [3.63, 3.8) is 0 Å². The summed E-state index contributed by atoms with van der Waals surface area (Å²) in [5.41, 5.74) is 5.66. The summed E-state index contributed by atoms with van der Waals surface area (Å²) in [4.78, 5) is 15.0. The van der Waals surface area contributed by atoms with Crippen molar-refractivity contribution in [1.82, 2.24) is 15.0 Å². The van der Waals surface area contributed by atoms with Crippen LogP contribution in [0.5, 0.6) is 0 Å². The van der Waals surface area contributed by atoms with Gasteiger partial charge >= 0.3 is 0 Å². The van der Waals surface area contributed by atoms with Crippen LogP contribution in [0.2, 0.25) is 0 Å². The first-order valence-electron chi connectivity index (χ1n) is 7.35. The molecule has 1 aromatic heterocycles. The van der Waals surface area contributed by atoms with Crippen molar-refractivity contribution in [3.05, 3.63) is 0 Å². The number of hydrogen-bond donors (Lipinski definition) is 2. The van der Waals surface area contributed by atoms with Gasteiger partial charge in [0.1, 0.15) is 0 Å². The third-order valence-electron chi connectivity index (χ3n) is 3.79. The average molecular weight is 294 g/mol. The van der Waals surface area contributed by atoms with E-state index in [2.05, 4.69) is 32.1 Å². The lowest BCUT2D eigenvalue weighted by atomic mass is 9.95. The molecule has 116 valence electrons. The molecule has 0 bridgehead atoms. The molecule has 3 N–H and O–H groups in total. The number of nitrogens with two attached hydrogens (primary N) is 1. The van der Waals surface area contributed by atoms with Crippen molar-refractivity contribution in [2.24, 2.45) is 0 Å². The zero-order valence-electron chi connectivity index (χ0n) is 12.3. The van der Waals surface area contributed by atoms with Crippen LogP contribution < -0.4 is 16.0 Å². The number of morpholine rings is 1. The molecule has 0 saturated carbocycles. The summed E-state index contributed by atoms with van der Waals surface area (Å²) in [6.45, 7) is 6.47. The van der Waals surface area contributed by atoms with Gasteiger partial charge in [-0.3, -0.25) is 0 Å². The molecule has 2 aliphatic heterocycles. The highest BCUT2D eigenvalue weighted by molar-refractivity contribution is 5.43. The molecule has 8 heteroatoms. The van der Waals surface area contributed by atoms with E-state index in [1.54, 1.807) is 0 Å². The predicted molar refractivity (Wildman–Crippen MR) is 79.4 cm³/mol. The second kappa shape index (κ2) is 5.98. The third-order valence-corrected chi connectivity index (χ3v) is 3.79. The molecule has 3 heterocycles. The second-order valence-corrected chi connectivity index (χ2v) is 5.76. The Labute approximate surface area is 124 Å². The van der Waals surface area contributed by atoms with Gasteiger partial charge in [0, 0.05) is 19.7 Å². The van der Waals surface area contributed by atoms with E-state index in [1.807, 2.05) is 0 Å². The molecule has 3 rings (SSSR count). The van der Waals surface area contributed by atoms with Crippen molar-refractivity contribution in [1.29, 1.82) is 0 Å². The van der Waals surface area contributed by atoms with E-state index in [-0.39, 0.29) is 11.5 Å². The molecular weight excluding hydrogens is 272 g/mol. The molecule has 0 radical (unpaired) electrons. The van der Waals surface area contributed by atoms with Crippen LogP contribution in [-0.4, -0.2) is 60.0 Å². The molecule has 2 fully saturated rings. The highest BCUT2D eigenvalue weighted by Gasteiger charge is 2.29. The molecule has 0 amide bonds. The number of anilines is 3. The molecule has 8 nitrogen and oxygen atoms in total. The van der Waals surface area contributed by atoms with Crippen molar-refractivity contribution >= 4 is 17.8 Å². The number of nitrogens with zero attached hydrogens (tertiary/aromatic N) is 4. The number of nitrogen functional groups attached to an aromatic ring is 1. The fourth-order valence-corrected chi connectivity index (χ4v) is 2.64. The third kappa shape index (κ3) is 3.51. The summed E-state index contributed by atoms with van der Waals surface area (Å²) in [6, 6.07) is 0. The highest BCUT2D eigenvalue weighted by Crippen LogP contribution is 2.23. The Morgan fingerprint density at radius 1 is 1.14 bits per heavy atom. The highest BCUT2D eigenvalue weighted by atomic mass is 16.5. The molecule has 0 aromatic carbocycles. The minimum absolute atomic E-state index is 0.158. The van der Waals surface area contributed by atoms with Crippen LogP contribution in [0.15, 0.2) is 0 Å². The molecule has 1 aromatic rings. The Morgan fingerprint density at radius 2 is 1.95 bits per heavy atom. The number of rotatable bonds is 3. The maximum Gasteiger partial charge on any atom is 0.232 e. The minimum Gasteiger partial charge on any atom is -0.379 e. The Morgan fingerprint density at radius 3 is 2.67 bits per heavy atom. The van der Waals surface area contributed by atoms with E-state index >= 15 is 0 Å².